The van der Waals surface area contributed by atoms with E-state index in [1.165, 1.54) is 64.7 Å². The molecule has 0 saturated carbocycles. The molecule has 0 radical (unpaired) electrons. The highest BCUT2D eigenvalue weighted by atomic mass is 32.1. The minimum absolute atomic E-state index is 1.09. The highest BCUT2D eigenvalue weighted by molar-refractivity contribution is 7.20. The molecule has 0 aliphatic carbocycles. The molecule has 82 heavy (non-hydrogen) atoms. The topological polar surface area (TPSA) is 6.48 Å². The van der Waals surface area contributed by atoms with Crippen molar-refractivity contribution in [1.82, 2.24) is 0 Å². The third kappa shape index (κ3) is 11.5. The fourth-order valence-corrected chi connectivity index (χ4v) is 12.8. The average Bonchev–Trinajstić information content (AvgIpc) is 3.64. The lowest BCUT2D eigenvalue weighted by molar-refractivity contribution is 1.31. The molecule has 0 fully saturated rings. The molecule has 0 N–H and O–H groups in total. The number of nitrogens with zero attached hydrogens (tertiary/aromatic N) is 2. The van der Waals surface area contributed by atoms with Crippen molar-refractivity contribution >= 4 is 126 Å². The van der Waals surface area contributed by atoms with Crippen molar-refractivity contribution in [2.45, 2.75) is 0 Å². The van der Waals surface area contributed by atoms with Gasteiger partial charge in [0.1, 0.15) is 10.0 Å². The van der Waals surface area contributed by atoms with Gasteiger partial charge in [-0.05, 0) is 139 Å². The van der Waals surface area contributed by atoms with E-state index in [0.29, 0.717) is 0 Å². The quantitative estimate of drug-likeness (QED) is 0.0703. The molecule has 2 aromatic heterocycles. The summed E-state index contributed by atoms with van der Waals surface area (Å²) < 4.78 is 0. The third-order valence-corrected chi connectivity index (χ3v) is 16.9. The molecule has 0 atom stereocenters. The molecular weight excluding hydrogens is 1030 g/mol. The molecule has 0 aliphatic rings. The lowest BCUT2D eigenvalue weighted by atomic mass is 9.90. The largest absolute Gasteiger partial charge is 0.302 e. The van der Waals surface area contributed by atoms with Crippen molar-refractivity contribution in [1.29, 1.82) is 0 Å². The lowest BCUT2D eigenvalue weighted by Gasteiger charge is -2.24. The molecular formula is C78H56N2S2. The Balaban J connectivity index is 0.871. The zero-order valence-corrected chi connectivity index (χ0v) is 46.7. The van der Waals surface area contributed by atoms with Crippen LogP contribution in [0.25, 0.3) is 91.0 Å². The predicted octanol–water partition coefficient (Wildman–Crippen LogP) is 23.1. The predicted molar refractivity (Wildman–Crippen MR) is 359 cm³/mol. The van der Waals surface area contributed by atoms with Gasteiger partial charge >= 0.3 is 0 Å². The maximum Gasteiger partial charge on any atom is 0.101 e. The first kappa shape index (κ1) is 51.3. The number of hydrogen-bond donors (Lipinski definition) is 0. The zero-order valence-electron chi connectivity index (χ0n) is 45.0. The first-order valence-electron chi connectivity index (χ1n) is 27.7. The van der Waals surface area contributed by atoms with Gasteiger partial charge in [0, 0.05) is 43.6 Å². The van der Waals surface area contributed by atoms with Crippen LogP contribution >= 0.6 is 22.7 Å². The molecule has 0 saturated heterocycles. The molecule has 0 bridgehead atoms. The molecule has 0 unspecified atom stereocenters. The summed E-state index contributed by atoms with van der Waals surface area (Å²) in [5.74, 6) is 0. The van der Waals surface area contributed by atoms with Crippen molar-refractivity contribution in [3.8, 4) is 20.9 Å². The molecule has 4 heteroatoms. The fourth-order valence-electron chi connectivity index (χ4n) is 10.6. The maximum absolute atomic E-state index is 2.39. The van der Waals surface area contributed by atoms with E-state index in [1.807, 2.05) is 22.7 Å². The number of anilines is 6. The van der Waals surface area contributed by atoms with E-state index in [-0.39, 0.29) is 0 Å². The summed E-state index contributed by atoms with van der Waals surface area (Å²) in [6.07, 6.45) is 17.4. The van der Waals surface area contributed by atoms with Crippen molar-refractivity contribution in [3.63, 3.8) is 0 Å². The molecule has 13 rings (SSSR count). The van der Waals surface area contributed by atoms with E-state index in [0.717, 1.165) is 55.0 Å². The summed E-state index contributed by atoms with van der Waals surface area (Å²) in [4.78, 5) is 7.22. The van der Waals surface area contributed by atoms with Crippen LogP contribution in [0.1, 0.15) is 44.5 Å². The Labute approximate surface area is 488 Å². The molecule has 0 amide bonds. The number of rotatable bonds is 16. The van der Waals surface area contributed by atoms with Crippen LogP contribution in [0, 0.1) is 0 Å². The lowest BCUT2D eigenvalue weighted by Crippen LogP contribution is -2.08. The van der Waals surface area contributed by atoms with Crippen molar-refractivity contribution in [2.24, 2.45) is 0 Å². The normalized spacial score (nSPS) is 11.7. The summed E-state index contributed by atoms with van der Waals surface area (Å²) in [7, 11) is 0. The molecule has 11 aromatic carbocycles. The molecule has 2 nitrogen and oxygen atoms in total. The number of fused-ring (bicyclic) bond motifs is 2. The second-order valence-electron chi connectivity index (χ2n) is 20.1. The van der Waals surface area contributed by atoms with Crippen LogP contribution in [-0.4, -0.2) is 0 Å². The summed E-state index contributed by atoms with van der Waals surface area (Å²) in [5, 5.41) is 7.18. The van der Waals surface area contributed by atoms with Crippen LogP contribution in [0.5, 0.6) is 0 Å². The zero-order chi connectivity index (χ0) is 54.9. The van der Waals surface area contributed by atoms with Gasteiger partial charge in [0.15, 0.2) is 0 Å². The van der Waals surface area contributed by atoms with Crippen LogP contribution in [0.3, 0.4) is 0 Å². The molecule has 390 valence electrons. The number of hydrogen-bond acceptors (Lipinski definition) is 4. The van der Waals surface area contributed by atoms with Crippen LogP contribution in [0.15, 0.2) is 291 Å². The minimum atomic E-state index is 1.09. The Morgan fingerprint density at radius 1 is 0.195 bits per heavy atom. The standard InChI is InChI=1S/C78H56N2S2/c1-5-17-57(18-6-1)29-33-61-37-45-65(46-38-61)79(66-47-39-62(40-48-66)34-30-58-19-7-2-8-20-58)75-55-53-73(81-75)77-69-25-13-15-27-71(69)78(72-28-16-14-26-70(72)77)74-54-56-76(82-74)80(67-49-41-63(42-50-67)35-31-59-21-9-3-10-22-59)68-51-43-64(44-52-68)36-32-60-23-11-4-12-24-60/h1-56H. The highest BCUT2D eigenvalue weighted by Gasteiger charge is 2.23. The minimum Gasteiger partial charge on any atom is -0.302 e. The van der Waals surface area contributed by atoms with Gasteiger partial charge in [-0.15, -0.1) is 22.7 Å². The van der Waals surface area contributed by atoms with E-state index in [4.69, 9.17) is 0 Å². The Hall–Kier alpha value is -10.1. The Morgan fingerprint density at radius 3 is 0.634 bits per heavy atom. The molecule has 2 heterocycles. The van der Waals surface area contributed by atoms with Gasteiger partial charge in [-0.3, -0.25) is 0 Å². The van der Waals surface area contributed by atoms with E-state index >= 15 is 0 Å². The van der Waals surface area contributed by atoms with E-state index in [2.05, 4.69) is 350 Å². The summed E-state index contributed by atoms with van der Waals surface area (Å²) in [6.45, 7) is 0. The van der Waals surface area contributed by atoms with Crippen LogP contribution in [-0.2, 0) is 0 Å². The van der Waals surface area contributed by atoms with Gasteiger partial charge in [0.2, 0.25) is 0 Å². The van der Waals surface area contributed by atoms with Gasteiger partial charge in [0.25, 0.3) is 0 Å². The van der Waals surface area contributed by atoms with Gasteiger partial charge < -0.3 is 9.80 Å². The summed E-state index contributed by atoms with van der Waals surface area (Å²) >= 11 is 3.67. The Morgan fingerprint density at radius 2 is 0.402 bits per heavy atom. The summed E-state index contributed by atoms with van der Waals surface area (Å²) in [5.41, 5.74) is 16.2. The van der Waals surface area contributed by atoms with Crippen LogP contribution < -0.4 is 9.80 Å². The third-order valence-electron chi connectivity index (χ3n) is 14.7. The van der Waals surface area contributed by atoms with E-state index < -0.39 is 0 Å². The molecule has 0 spiro atoms. The first-order valence-corrected chi connectivity index (χ1v) is 29.3. The van der Waals surface area contributed by atoms with E-state index in [1.54, 1.807) is 0 Å². The Kier molecular flexibility index (Phi) is 15.1. The number of thiophene rings is 2. The van der Waals surface area contributed by atoms with Gasteiger partial charge in [-0.2, -0.15) is 0 Å². The Bertz CT molecular complexity index is 3850. The first-order chi connectivity index (χ1) is 40.6. The monoisotopic (exact) mass is 1080 g/mol. The van der Waals surface area contributed by atoms with Crippen molar-refractivity contribution < 1.29 is 0 Å². The average molecular weight is 1090 g/mol. The highest BCUT2D eigenvalue weighted by Crippen LogP contribution is 2.51. The second kappa shape index (κ2) is 24.1. The van der Waals surface area contributed by atoms with Crippen molar-refractivity contribution in [3.05, 3.63) is 336 Å². The SMILES string of the molecule is C(=Cc1ccc(N(c2ccc(C=Cc3ccccc3)cc2)c2ccc(-c3c4ccccc4c(-c4ccc(N(c5ccc(C=Cc6ccccc6)cc5)c5ccc(C=Cc6ccccc6)cc5)s4)c4ccccc34)s2)cc1)c1ccccc1. The second-order valence-corrected chi connectivity index (χ2v) is 22.3. The van der Waals surface area contributed by atoms with Gasteiger partial charge in [0.05, 0.1) is 0 Å². The molecule has 0 aliphatic heterocycles. The van der Waals surface area contributed by atoms with Crippen molar-refractivity contribution in [2.75, 3.05) is 9.80 Å². The van der Waals surface area contributed by atoms with Gasteiger partial charge in [-0.1, -0.05) is 267 Å². The molecule has 13 aromatic rings. The van der Waals surface area contributed by atoms with Crippen LogP contribution in [0.4, 0.5) is 32.8 Å². The van der Waals surface area contributed by atoms with Gasteiger partial charge in [-0.25, -0.2) is 0 Å². The summed E-state index contributed by atoms with van der Waals surface area (Å²) in [6, 6.07) is 105. The maximum atomic E-state index is 2.39. The fraction of sp³-hybridized carbons (Fsp3) is 0. The van der Waals surface area contributed by atoms with Crippen LogP contribution in [0.2, 0.25) is 0 Å². The number of benzene rings is 11. The smallest absolute Gasteiger partial charge is 0.101 e. The van der Waals surface area contributed by atoms with E-state index in [9.17, 15) is 0 Å².